The predicted molar refractivity (Wildman–Crippen MR) is 101 cm³/mol. The number of ether oxygens (including phenoxy) is 2. The van der Waals surface area contributed by atoms with Crippen molar-refractivity contribution in [3.8, 4) is 0 Å². The summed E-state index contributed by atoms with van der Waals surface area (Å²) in [6.07, 6.45) is 2.97. The third kappa shape index (κ3) is 4.59. The molecule has 0 radical (unpaired) electrons. The predicted octanol–water partition coefficient (Wildman–Crippen LogP) is 1.99. The second-order valence-electron chi connectivity index (χ2n) is 7.07. The molecule has 0 N–H and O–H groups in total. The minimum atomic E-state index is -0.741. The Kier molecular flexibility index (Phi) is 6.45. The number of amides is 1. The first kappa shape index (κ1) is 20.1. The first-order chi connectivity index (χ1) is 13.5. The third-order valence-electron chi connectivity index (χ3n) is 5.21. The van der Waals surface area contributed by atoms with E-state index < -0.39 is 10.9 Å². The van der Waals surface area contributed by atoms with Crippen LogP contribution < -0.4 is 4.90 Å². The molecule has 2 fully saturated rings. The van der Waals surface area contributed by atoms with E-state index in [1.807, 2.05) is 11.8 Å². The van der Waals surface area contributed by atoms with Gasteiger partial charge in [-0.3, -0.25) is 14.9 Å². The summed E-state index contributed by atoms with van der Waals surface area (Å²) < 4.78 is 10.4. The van der Waals surface area contributed by atoms with Crippen molar-refractivity contribution in [3.63, 3.8) is 0 Å². The molecule has 28 heavy (non-hydrogen) atoms. The summed E-state index contributed by atoms with van der Waals surface area (Å²) >= 11 is 0. The average molecular weight is 391 g/mol. The third-order valence-corrected chi connectivity index (χ3v) is 5.21. The Morgan fingerprint density at radius 2 is 2.00 bits per heavy atom. The van der Waals surface area contributed by atoms with Crippen molar-refractivity contribution < 1.29 is 24.0 Å². The number of hydrogen-bond donors (Lipinski definition) is 0. The van der Waals surface area contributed by atoms with Gasteiger partial charge in [0.15, 0.2) is 6.61 Å². The van der Waals surface area contributed by atoms with E-state index in [-0.39, 0.29) is 29.8 Å². The van der Waals surface area contributed by atoms with E-state index in [1.54, 1.807) is 11.0 Å². The average Bonchev–Trinajstić information content (AvgIpc) is 2.72. The molecule has 0 aliphatic carbocycles. The van der Waals surface area contributed by atoms with E-state index in [9.17, 15) is 19.7 Å². The van der Waals surface area contributed by atoms with Gasteiger partial charge in [0.05, 0.1) is 23.7 Å². The smallest absolute Gasteiger partial charge is 0.338 e. The lowest BCUT2D eigenvalue weighted by molar-refractivity contribution is -0.384. The summed E-state index contributed by atoms with van der Waals surface area (Å²) in [5, 5.41) is 11.5. The van der Waals surface area contributed by atoms with Gasteiger partial charge in [0.25, 0.3) is 11.6 Å². The summed E-state index contributed by atoms with van der Waals surface area (Å²) in [4.78, 5) is 39.2. The van der Waals surface area contributed by atoms with Crippen molar-refractivity contribution in [2.24, 2.45) is 0 Å². The van der Waals surface area contributed by atoms with Crippen LogP contribution in [0.25, 0.3) is 0 Å². The van der Waals surface area contributed by atoms with Gasteiger partial charge in [-0.15, -0.1) is 0 Å². The van der Waals surface area contributed by atoms with Gasteiger partial charge in [-0.25, -0.2) is 4.79 Å². The number of piperidine rings is 1. The number of nitro benzene ring substituents is 1. The number of anilines is 1. The Balaban J connectivity index is 1.67. The summed E-state index contributed by atoms with van der Waals surface area (Å²) in [7, 11) is 0. The molecular formula is C19H25N3O6. The molecule has 2 saturated heterocycles. The van der Waals surface area contributed by atoms with Crippen molar-refractivity contribution >= 4 is 23.3 Å². The largest absolute Gasteiger partial charge is 0.452 e. The number of nitrogens with zero attached hydrogens (tertiary/aromatic N) is 3. The van der Waals surface area contributed by atoms with Crippen LogP contribution in [0.1, 0.15) is 36.5 Å². The molecule has 0 bridgehead atoms. The summed E-state index contributed by atoms with van der Waals surface area (Å²) in [6, 6.07) is 4.39. The molecule has 0 saturated carbocycles. The van der Waals surface area contributed by atoms with Crippen LogP contribution in [0.4, 0.5) is 11.4 Å². The van der Waals surface area contributed by atoms with Crippen LogP contribution in [-0.2, 0) is 14.3 Å². The Labute approximate surface area is 163 Å². The van der Waals surface area contributed by atoms with Crippen LogP contribution >= 0.6 is 0 Å². The lowest BCUT2D eigenvalue weighted by atomic mass is 10.0. The number of nitro groups is 1. The Morgan fingerprint density at radius 1 is 1.25 bits per heavy atom. The first-order valence-electron chi connectivity index (χ1n) is 9.55. The summed E-state index contributed by atoms with van der Waals surface area (Å²) in [5.41, 5.74) is 0.346. The molecule has 3 rings (SSSR count). The van der Waals surface area contributed by atoms with Crippen molar-refractivity contribution in [3.05, 3.63) is 33.9 Å². The van der Waals surface area contributed by atoms with Crippen LogP contribution in [0.15, 0.2) is 18.2 Å². The number of rotatable bonds is 5. The van der Waals surface area contributed by atoms with Gasteiger partial charge < -0.3 is 19.3 Å². The summed E-state index contributed by atoms with van der Waals surface area (Å²) in [5.74, 6) is -0.977. The Morgan fingerprint density at radius 3 is 2.68 bits per heavy atom. The van der Waals surface area contributed by atoms with E-state index >= 15 is 0 Å². The Bertz CT molecular complexity index is 747. The van der Waals surface area contributed by atoms with Gasteiger partial charge in [0.2, 0.25) is 0 Å². The lowest BCUT2D eigenvalue weighted by Crippen LogP contribution is -2.44. The Hall–Kier alpha value is -2.68. The van der Waals surface area contributed by atoms with Gasteiger partial charge in [-0.1, -0.05) is 0 Å². The SMILES string of the molecule is C[C@@H]1CCCCN1C(=O)COC(=O)c1ccc(N2CCOCC2)c([N+](=O)[O-])c1. The number of hydrogen-bond acceptors (Lipinski definition) is 7. The molecule has 1 aromatic carbocycles. The normalized spacial score (nSPS) is 20.0. The fraction of sp³-hybridized carbons (Fsp3) is 0.579. The van der Waals surface area contributed by atoms with Crippen molar-refractivity contribution in [1.29, 1.82) is 0 Å². The van der Waals surface area contributed by atoms with Crippen molar-refractivity contribution in [2.45, 2.75) is 32.2 Å². The topological polar surface area (TPSA) is 102 Å². The van der Waals surface area contributed by atoms with Crippen molar-refractivity contribution in [2.75, 3.05) is 44.4 Å². The van der Waals surface area contributed by atoms with Crippen LogP contribution in [0.2, 0.25) is 0 Å². The molecule has 152 valence electrons. The fourth-order valence-corrected chi connectivity index (χ4v) is 3.63. The van der Waals surface area contributed by atoms with E-state index in [0.29, 0.717) is 38.5 Å². The van der Waals surface area contributed by atoms with Crippen LogP contribution in [0.3, 0.4) is 0 Å². The number of esters is 1. The first-order valence-corrected chi connectivity index (χ1v) is 9.55. The molecule has 9 heteroatoms. The van der Waals surface area contributed by atoms with Gasteiger partial charge in [-0.2, -0.15) is 0 Å². The number of morpholine rings is 1. The van der Waals surface area contributed by atoms with E-state index in [1.165, 1.54) is 12.1 Å². The van der Waals surface area contributed by atoms with Crippen LogP contribution in [-0.4, -0.2) is 67.2 Å². The molecule has 1 aromatic rings. The van der Waals surface area contributed by atoms with Gasteiger partial charge >= 0.3 is 5.97 Å². The molecule has 2 aliphatic heterocycles. The van der Waals surface area contributed by atoms with Crippen LogP contribution in [0.5, 0.6) is 0 Å². The number of carbonyl (C=O) groups is 2. The van der Waals surface area contributed by atoms with E-state index in [4.69, 9.17) is 9.47 Å². The minimum Gasteiger partial charge on any atom is -0.452 e. The molecular weight excluding hydrogens is 366 g/mol. The maximum absolute atomic E-state index is 12.3. The molecule has 0 unspecified atom stereocenters. The number of likely N-dealkylation sites (tertiary alicyclic amines) is 1. The van der Waals surface area contributed by atoms with Gasteiger partial charge in [-0.05, 0) is 38.3 Å². The lowest BCUT2D eigenvalue weighted by Gasteiger charge is -2.33. The van der Waals surface area contributed by atoms with E-state index in [0.717, 1.165) is 19.3 Å². The molecule has 2 heterocycles. The number of carbonyl (C=O) groups excluding carboxylic acids is 2. The zero-order valence-electron chi connectivity index (χ0n) is 16.0. The molecule has 1 atom stereocenters. The monoisotopic (exact) mass is 391 g/mol. The maximum Gasteiger partial charge on any atom is 0.338 e. The minimum absolute atomic E-state index is 0.0585. The molecule has 9 nitrogen and oxygen atoms in total. The second kappa shape index (κ2) is 9.01. The highest BCUT2D eigenvalue weighted by molar-refractivity contribution is 5.93. The standard InChI is InChI=1S/C19H25N3O6/c1-14-4-2-3-7-21(14)18(23)13-28-19(24)15-5-6-16(17(12-15)22(25)26)20-8-10-27-11-9-20/h5-6,12,14H,2-4,7-11,13H2,1H3/t14-/m1/s1. The number of benzene rings is 1. The molecule has 0 aromatic heterocycles. The fourth-order valence-electron chi connectivity index (χ4n) is 3.63. The highest BCUT2D eigenvalue weighted by Gasteiger charge is 2.26. The van der Waals surface area contributed by atoms with Gasteiger partial charge in [0, 0.05) is 31.7 Å². The zero-order valence-corrected chi connectivity index (χ0v) is 16.0. The highest BCUT2D eigenvalue weighted by Crippen LogP contribution is 2.30. The quantitative estimate of drug-likeness (QED) is 0.430. The molecule has 1 amide bonds. The van der Waals surface area contributed by atoms with Gasteiger partial charge in [0.1, 0.15) is 5.69 Å². The second-order valence-corrected chi connectivity index (χ2v) is 7.07. The molecule has 0 spiro atoms. The van der Waals surface area contributed by atoms with Crippen LogP contribution in [0, 0.1) is 10.1 Å². The van der Waals surface area contributed by atoms with E-state index in [2.05, 4.69) is 0 Å². The van der Waals surface area contributed by atoms with Crippen molar-refractivity contribution in [1.82, 2.24) is 4.90 Å². The highest BCUT2D eigenvalue weighted by atomic mass is 16.6. The zero-order chi connectivity index (χ0) is 20.1. The summed E-state index contributed by atoms with van der Waals surface area (Å²) in [6.45, 7) is 4.38. The maximum atomic E-state index is 12.3. The molecule has 2 aliphatic rings.